The van der Waals surface area contributed by atoms with Crippen molar-refractivity contribution in [3.63, 3.8) is 0 Å². The second-order valence-electron chi connectivity index (χ2n) is 15.9. The summed E-state index contributed by atoms with van der Waals surface area (Å²) in [5.74, 6) is 1.69. The largest absolute Gasteiger partial charge is 0.455 e. The third kappa shape index (κ3) is 5.32. The van der Waals surface area contributed by atoms with Gasteiger partial charge in [-0.25, -0.2) is 15.0 Å². The molecule has 0 aliphatic heterocycles. The van der Waals surface area contributed by atoms with Crippen LogP contribution in [-0.2, 0) is 0 Å². The van der Waals surface area contributed by atoms with Crippen molar-refractivity contribution in [1.82, 2.24) is 19.5 Å². The van der Waals surface area contributed by atoms with E-state index in [-0.39, 0.29) is 0 Å². The standard InChI is InChI=1S/C57H34N4O/c1-2-14-35(15-3-1)38-21-12-22-41(32-38)55-58-56(46-26-13-20-36-16-6-8-23-42(36)46)60-57(59-55)53-49(31-29-45-44-25-10-11-27-51(44)62-54(45)53)61-48-30-28-37-17-7-9-24-43(37)52(48)47-33-39-18-4-5-19-40(39)34-50(47)61/h1-34H. The van der Waals surface area contributed by atoms with E-state index in [1.807, 2.05) is 18.2 Å². The molecule has 10 aromatic carbocycles. The molecule has 13 rings (SSSR count). The summed E-state index contributed by atoms with van der Waals surface area (Å²) in [5, 5.41) is 11.3. The van der Waals surface area contributed by atoms with E-state index in [0.29, 0.717) is 17.5 Å². The van der Waals surface area contributed by atoms with Crippen LogP contribution >= 0.6 is 0 Å². The molecule has 0 aliphatic carbocycles. The van der Waals surface area contributed by atoms with E-state index in [4.69, 9.17) is 19.4 Å². The quantitative estimate of drug-likeness (QED) is 0.174. The smallest absolute Gasteiger partial charge is 0.170 e. The van der Waals surface area contributed by atoms with Gasteiger partial charge in [-0.15, -0.1) is 0 Å². The first kappa shape index (κ1) is 34.5. The molecule has 288 valence electrons. The minimum absolute atomic E-state index is 0.527. The molecule has 5 nitrogen and oxygen atoms in total. The van der Waals surface area contributed by atoms with Crippen molar-refractivity contribution in [1.29, 1.82) is 0 Å². The van der Waals surface area contributed by atoms with Crippen LogP contribution in [-0.4, -0.2) is 19.5 Å². The summed E-state index contributed by atoms with van der Waals surface area (Å²) in [6.45, 7) is 0. The number of para-hydroxylation sites is 1. The summed E-state index contributed by atoms with van der Waals surface area (Å²) < 4.78 is 9.36. The van der Waals surface area contributed by atoms with Crippen molar-refractivity contribution in [3.8, 4) is 51.0 Å². The van der Waals surface area contributed by atoms with Crippen molar-refractivity contribution in [2.45, 2.75) is 0 Å². The van der Waals surface area contributed by atoms with Crippen molar-refractivity contribution in [2.75, 3.05) is 0 Å². The number of fused-ring (bicyclic) bond motifs is 10. The van der Waals surface area contributed by atoms with Crippen LogP contribution in [0.5, 0.6) is 0 Å². The zero-order valence-electron chi connectivity index (χ0n) is 33.3. The number of benzene rings is 10. The number of aromatic nitrogens is 4. The zero-order chi connectivity index (χ0) is 40.7. The van der Waals surface area contributed by atoms with Crippen LogP contribution in [0.2, 0.25) is 0 Å². The van der Waals surface area contributed by atoms with E-state index in [0.717, 1.165) is 77.2 Å². The average Bonchev–Trinajstić information content (AvgIpc) is 3.88. The summed E-state index contributed by atoms with van der Waals surface area (Å²) in [7, 11) is 0. The van der Waals surface area contributed by atoms with Crippen LogP contribution in [0.15, 0.2) is 211 Å². The first-order valence-electron chi connectivity index (χ1n) is 20.9. The molecule has 3 heterocycles. The summed E-state index contributed by atoms with van der Waals surface area (Å²) in [6, 6.07) is 72.7. The molecule has 13 aromatic rings. The third-order valence-electron chi connectivity index (χ3n) is 12.4. The van der Waals surface area contributed by atoms with Crippen molar-refractivity contribution in [3.05, 3.63) is 206 Å². The topological polar surface area (TPSA) is 56.7 Å². The lowest BCUT2D eigenvalue weighted by Gasteiger charge is -2.16. The molecule has 0 N–H and O–H groups in total. The highest BCUT2D eigenvalue weighted by Crippen LogP contribution is 2.45. The van der Waals surface area contributed by atoms with Gasteiger partial charge in [0.1, 0.15) is 11.2 Å². The number of rotatable bonds is 5. The van der Waals surface area contributed by atoms with Gasteiger partial charge in [0.05, 0.1) is 22.3 Å². The molecule has 0 fully saturated rings. The lowest BCUT2D eigenvalue weighted by molar-refractivity contribution is 0.669. The molecular formula is C57H34N4O. The van der Waals surface area contributed by atoms with E-state index in [1.165, 1.54) is 32.3 Å². The van der Waals surface area contributed by atoms with Crippen LogP contribution in [0.3, 0.4) is 0 Å². The Balaban J connectivity index is 1.17. The summed E-state index contributed by atoms with van der Waals surface area (Å²) in [5.41, 5.74) is 9.45. The van der Waals surface area contributed by atoms with Crippen molar-refractivity contribution < 1.29 is 4.42 Å². The van der Waals surface area contributed by atoms with E-state index in [9.17, 15) is 0 Å². The van der Waals surface area contributed by atoms with Gasteiger partial charge >= 0.3 is 0 Å². The van der Waals surface area contributed by atoms with Gasteiger partial charge in [0.25, 0.3) is 0 Å². The lowest BCUT2D eigenvalue weighted by Crippen LogP contribution is -2.04. The minimum atomic E-state index is 0.527. The Morgan fingerprint density at radius 2 is 0.984 bits per heavy atom. The van der Waals surface area contributed by atoms with Gasteiger partial charge in [-0.2, -0.15) is 0 Å². The maximum atomic E-state index is 6.97. The number of hydrogen-bond donors (Lipinski definition) is 0. The van der Waals surface area contributed by atoms with Gasteiger partial charge in [-0.05, 0) is 85.9 Å². The number of nitrogens with zero attached hydrogens (tertiary/aromatic N) is 4. The summed E-state index contributed by atoms with van der Waals surface area (Å²) in [6.07, 6.45) is 0. The van der Waals surface area contributed by atoms with Crippen molar-refractivity contribution >= 4 is 76.1 Å². The van der Waals surface area contributed by atoms with Gasteiger partial charge in [-0.3, -0.25) is 0 Å². The second-order valence-corrected chi connectivity index (χ2v) is 15.9. The molecule has 0 amide bonds. The maximum absolute atomic E-state index is 6.97. The zero-order valence-corrected chi connectivity index (χ0v) is 33.3. The van der Waals surface area contributed by atoms with Gasteiger partial charge in [0.2, 0.25) is 0 Å². The Labute approximate surface area is 355 Å². The third-order valence-corrected chi connectivity index (χ3v) is 12.4. The maximum Gasteiger partial charge on any atom is 0.170 e. The van der Waals surface area contributed by atoms with E-state index >= 15 is 0 Å². The monoisotopic (exact) mass is 790 g/mol. The molecule has 3 aromatic heterocycles. The van der Waals surface area contributed by atoms with Crippen molar-refractivity contribution in [2.24, 2.45) is 0 Å². The van der Waals surface area contributed by atoms with Crippen LogP contribution in [0.25, 0.3) is 127 Å². The Morgan fingerprint density at radius 1 is 0.355 bits per heavy atom. The molecule has 5 heteroatoms. The Morgan fingerprint density at radius 3 is 1.84 bits per heavy atom. The highest BCUT2D eigenvalue weighted by atomic mass is 16.3. The average molecular weight is 791 g/mol. The predicted molar refractivity (Wildman–Crippen MR) is 256 cm³/mol. The molecule has 0 spiro atoms. The minimum Gasteiger partial charge on any atom is -0.455 e. The predicted octanol–water partition coefficient (Wildman–Crippen LogP) is 15.0. The first-order valence-corrected chi connectivity index (χ1v) is 20.9. The van der Waals surface area contributed by atoms with E-state index in [2.05, 4.69) is 193 Å². The molecule has 0 aliphatic rings. The molecule has 0 bridgehead atoms. The van der Waals surface area contributed by atoms with Crippen LogP contribution in [0.1, 0.15) is 0 Å². The summed E-state index contributed by atoms with van der Waals surface area (Å²) in [4.78, 5) is 16.3. The highest BCUT2D eigenvalue weighted by molar-refractivity contribution is 6.24. The van der Waals surface area contributed by atoms with Gasteiger partial charge < -0.3 is 8.98 Å². The Bertz CT molecular complexity index is 3930. The first-order chi connectivity index (χ1) is 30.7. The molecule has 0 unspecified atom stereocenters. The molecular weight excluding hydrogens is 757 g/mol. The molecule has 0 saturated heterocycles. The molecule has 0 saturated carbocycles. The van der Waals surface area contributed by atoms with E-state index in [1.54, 1.807) is 0 Å². The fourth-order valence-electron chi connectivity index (χ4n) is 9.54. The fourth-order valence-corrected chi connectivity index (χ4v) is 9.54. The normalized spacial score (nSPS) is 11.9. The van der Waals surface area contributed by atoms with Gasteiger partial charge in [-0.1, -0.05) is 164 Å². The second kappa shape index (κ2) is 13.6. The lowest BCUT2D eigenvalue weighted by atomic mass is 10.0. The van der Waals surface area contributed by atoms with Crippen LogP contribution < -0.4 is 0 Å². The number of hydrogen-bond acceptors (Lipinski definition) is 4. The molecule has 0 radical (unpaired) electrons. The van der Waals surface area contributed by atoms with Gasteiger partial charge in [0, 0.05) is 32.7 Å². The van der Waals surface area contributed by atoms with Crippen LogP contribution in [0, 0.1) is 0 Å². The highest BCUT2D eigenvalue weighted by Gasteiger charge is 2.26. The van der Waals surface area contributed by atoms with Crippen LogP contribution in [0.4, 0.5) is 0 Å². The fraction of sp³-hybridized carbons (Fsp3) is 0. The Hall–Kier alpha value is -8.41. The summed E-state index contributed by atoms with van der Waals surface area (Å²) >= 11 is 0. The van der Waals surface area contributed by atoms with E-state index < -0.39 is 0 Å². The molecule has 0 atom stereocenters. The van der Waals surface area contributed by atoms with Gasteiger partial charge in [0.15, 0.2) is 17.5 Å². The molecule has 62 heavy (non-hydrogen) atoms. The number of furan rings is 1. The Kier molecular flexibility index (Phi) is 7.54. The SMILES string of the molecule is c1ccc(-c2cccc(-c3nc(-c4cccc5ccccc45)nc(-c4c(-n5c6cc7ccccc7cc6c6c7ccccc7ccc65)ccc5c4oc4ccccc45)n3)c2)cc1.